The van der Waals surface area contributed by atoms with E-state index in [0.717, 1.165) is 16.5 Å². The number of hydrogen-bond donors (Lipinski definition) is 1. The summed E-state index contributed by atoms with van der Waals surface area (Å²) < 4.78 is 17.3. The first-order valence-corrected chi connectivity index (χ1v) is 11.7. The smallest absolute Gasteiger partial charge is 0.344 e. The Morgan fingerprint density at radius 3 is 2.71 bits per heavy atom. The molecule has 0 saturated carbocycles. The first-order valence-electron chi connectivity index (χ1n) is 11.7. The van der Waals surface area contributed by atoms with Crippen LogP contribution in [0.25, 0.3) is 22.3 Å². The minimum atomic E-state index is -1.86. The molecule has 2 aliphatic rings. The normalized spacial score (nSPS) is 18.0. The van der Waals surface area contributed by atoms with E-state index in [0.29, 0.717) is 46.7 Å². The van der Waals surface area contributed by atoms with Gasteiger partial charge in [-0.2, -0.15) is 0 Å². The number of rotatable bonds is 6. The van der Waals surface area contributed by atoms with Gasteiger partial charge in [-0.1, -0.05) is 13.8 Å². The van der Waals surface area contributed by atoms with E-state index in [2.05, 4.69) is 0 Å². The van der Waals surface area contributed by atoms with E-state index in [1.54, 1.807) is 30.5 Å². The lowest BCUT2D eigenvalue weighted by atomic mass is 9.86. The molecule has 0 saturated heterocycles. The van der Waals surface area contributed by atoms with Crippen molar-refractivity contribution in [1.29, 1.82) is 0 Å². The molecular weight excluding hydrogens is 452 g/mol. The molecule has 182 valence electrons. The number of fused-ring (bicyclic) bond motifs is 5. The monoisotopic (exact) mass is 478 g/mol. The molecule has 3 aromatic rings. The SMILES string of the molecule is CCOC(=O)COc1ccc2nc3c(c(CC)c2c1)Cn1c-3cc2c(c1=O)COC(=O)C2(O)CC. The maximum Gasteiger partial charge on any atom is 0.344 e. The van der Waals surface area contributed by atoms with E-state index in [-0.39, 0.29) is 31.8 Å². The molecule has 0 spiro atoms. The van der Waals surface area contributed by atoms with E-state index in [4.69, 9.17) is 19.2 Å². The van der Waals surface area contributed by atoms with Crippen molar-refractivity contribution >= 4 is 22.8 Å². The first-order chi connectivity index (χ1) is 16.8. The molecule has 9 nitrogen and oxygen atoms in total. The minimum Gasteiger partial charge on any atom is -0.482 e. The number of benzene rings is 1. The molecule has 0 fully saturated rings. The van der Waals surface area contributed by atoms with Gasteiger partial charge >= 0.3 is 11.9 Å². The maximum atomic E-state index is 13.4. The number of aromatic nitrogens is 2. The second-order valence-electron chi connectivity index (χ2n) is 8.65. The Hall–Kier alpha value is -3.72. The summed E-state index contributed by atoms with van der Waals surface area (Å²) in [6.07, 6.45) is 0.778. The van der Waals surface area contributed by atoms with E-state index < -0.39 is 17.5 Å². The Morgan fingerprint density at radius 1 is 1.20 bits per heavy atom. The van der Waals surface area contributed by atoms with Gasteiger partial charge in [-0.25, -0.2) is 14.6 Å². The fourth-order valence-electron chi connectivity index (χ4n) is 4.98. The molecule has 5 rings (SSSR count). The van der Waals surface area contributed by atoms with Crippen LogP contribution in [0.5, 0.6) is 5.75 Å². The number of ether oxygens (including phenoxy) is 3. The third-order valence-electron chi connectivity index (χ3n) is 6.79. The molecule has 1 N–H and O–H groups in total. The van der Waals surface area contributed by atoms with Crippen molar-refractivity contribution < 1.29 is 28.9 Å². The maximum absolute atomic E-state index is 13.4. The van der Waals surface area contributed by atoms with Crippen LogP contribution in [0, 0.1) is 0 Å². The molecule has 2 aromatic heterocycles. The molecule has 1 aromatic carbocycles. The van der Waals surface area contributed by atoms with E-state index in [9.17, 15) is 19.5 Å². The van der Waals surface area contributed by atoms with Crippen LogP contribution in [0.15, 0.2) is 29.1 Å². The number of carbonyl (C=O) groups excluding carboxylic acids is 2. The molecule has 0 radical (unpaired) electrons. The van der Waals surface area contributed by atoms with Gasteiger partial charge in [-0.3, -0.25) is 4.79 Å². The number of carbonyl (C=O) groups is 2. The summed E-state index contributed by atoms with van der Waals surface area (Å²) in [6.45, 7) is 5.71. The van der Waals surface area contributed by atoms with E-state index in [1.165, 1.54) is 0 Å². The number of hydrogen-bond acceptors (Lipinski definition) is 8. The number of nitrogens with zero attached hydrogens (tertiary/aromatic N) is 2. The molecule has 0 aliphatic carbocycles. The van der Waals surface area contributed by atoms with Crippen LogP contribution in [0.1, 0.15) is 49.4 Å². The van der Waals surface area contributed by atoms with Crippen molar-refractivity contribution in [3.05, 3.63) is 56.9 Å². The molecule has 0 bridgehead atoms. The predicted molar refractivity (Wildman–Crippen MR) is 126 cm³/mol. The zero-order chi connectivity index (χ0) is 24.9. The Kier molecular flexibility index (Phi) is 5.59. The highest BCUT2D eigenvalue weighted by molar-refractivity contribution is 5.90. The number of aliphatic hydroxyl groups is 1. The van der Waals surface area contributed by atoms with Crippen LogP contribution < -0.4 is 10.3 Å². The van der Waals surface area contributed by atoms with Crippen LogP contribution in [-0.2, 0) is 44.2 Å². The third kappa shape index (κ3) is 3.49. The lowest BCUT2D eigenvalue weighted by molar-refractivity contribution is -0.172. The lowest BCUT2D eigenvalue weighted by Gasteiger charge is -2.31. The number of cyclic esters (lactones) is 1. The van der Waals surface area contributed by atoms with Gasteiger partial charge in [0, 0.05) is 16.5 Å². The quantitative estimate of drug-likeness (QED) is 0.420. The largest absolute Gasteiger partial charge is 0.482 e. The molecule has 1 unspecified atom stereocenters. The standard InChI is InChI=1S/C26H26N2O7/c1-4-15-16-9-14(34-13-22(29)33-6-3)7-8-20(16)27-23-17(15)11-28-21(23)10-19-18(24(28)30)12-35-25(31)26(19,32)5-2/h7-10,32H,4-6,11-13H2,1-3H3. The van der Waals surface area contributed by atoms with Gasteiger partial charge in [-0.05, 0) is 49.6 Å². The topological polar surface area (TPSA) is 117 Å². The summed E-state index contributed by atoms with van der Waals surface area (Å²) in [5, 5.41) is 11.9. The van der Waals surface area contributed by atoms with Crippen molar-refractivity contribution in [3.63, 3.8) is 0 Å². The molecule has 2 aliphatic heterocycles. The Morgan fingerprint density at radius 2 is 2.00 bits per heavy atom. The summed E-state index contributed by atoms with van der Waals surface area (Å²) in [5.41, 5.74) is 2.32. The molecule has 0 amide bonds. The van der Waals surface area contributed by atoms with Gasteiger partial charge in [-0.15, -0.1) is 0 Å². The lowest BCUT2D eigenvalue weighted by Crippen LogP contribution is -2.44. The van der Waals surface area contributed by atoms with Gasteiger partial charge < -0.3 is 23.9 Å². The fraction of sp³-hybridized carbons (Fsp3) is 0.385. The van der Waals surface area contributed by atoms with Crippen LogP contribution in [-0.4, -0.2) is 39.8 Å². The van der Waals surface area contributed by atoms with Crippen molar-refractivity contribution in [2.24, 2.45) is 0 Å². The van der Waals surface area contributed by atoms with Crippen LogP contribution in [0.3, 0.4) is 0 Å². The van der Waals surface area contributed by atoms with E-state index in [1.807, 2.05) is 19.1 Å². The molecule has 4 heterocycles. The fourth-order valence-corrected chi connectivity index (χ4v) is 4.98. The number of pyridine rings is 2. The second-order valence-corrected chi connectivity index (χ2v) is 8.65. The van der Waals surface area contributed by atoms with E-state index >= 15 is 0 Å². The zero-order valence-corrected chi connectivity index (χ0v) is 19.8. The predicted octanol–water partition coefficient (Wildman–Crippen LogP) is 2.58. The Balaban J connectivity index is 1.63. The molecular formula is C26H26N2O7. The molecule has 35 heavy (non-hydrogen) atoms. The van der Waals surface area contributed by atoms with Gasteiger partial charge in [0.05, 0.1) is 35.6 Å². The average molecular weight is 479 g/mol. The second kappa shape index (κ2) is 8.49. The summed E-state index contributed by atoms with van der Waals surface area (Å²) in [4.78, 5) is 42.3. The number of esters is 2. The van der Waals surface area contributed by atoms with Crippen molar-refractivity contribution in [3.8, 4) is 17.1 Å². The van der Waals surface area contributed by atoms with Gasteiger partial charge in [0.25, 0.3) is 5.56 Å². The average Bonchev–Trinajstić information content (AvgIpc) is 3.22. The summed E-state index contributed by atoms with van der Waals surface area (Å²) >= 11 is 0. The highest BCUT2D eigenvalue weighted by Crippen LogP contribution is 2.40. The Bertz CT molecular complexity index is 1440. The minimum absolute atomic E-state index is 0.0918. The van der Waals surface area contributed by atoms with Gasteiger partial charge in [0.15, 0.2) is 12.2 Å². The van der Waals surface area contributed by atoms with Crippen molar-refractivity contribution in [2.75, 3.05) is 13.2 Å². The number of aryl methyl sites for hydroxylation is 1. The molecule has 1 atom stereocenters. The molecule has 9 heteroatoms. The summed E-state index contributed by atoms with van der Waals surface area (Å²) in [7, 11) is 0. The highest BCUT2D eigenvalue weighted by Gasteiger charge is 2.45. The Labute approximate surface area is 201 Å². The third-order valence-corrected chi connectivity index (χ3v) is 6.79. The summed E-state index contributed by atoms with van der Waals surface area (Å²) in [5.74, 6) is -0.663. The van der Waals surface area contributed by atoms with Gasteiger partial charge in [0.1, 0.15) is 12.4 Å². The van der Waals surface area contributed by atoms with Crippen molar-refractivity contribution in [1.82, 2.24) is 9.55 Å². The zero-order valence-electron chi connectivity index (χ0n) is 19.8. The van der Waals surface area contributed by atoms with Crippen molar-refractivity contribution in [2.45, 2.75) is 52.4 Å². The van der Waals surface area contributed by atoms with Crippen LogP contribution in [0.4, 0.5) is 0 Å². The highest BCUT2D eigenvalue weighted by atomic mass is 16.6. The van der Waals surface area contributed by atoms with Gasteiger partial charge in [0.2, 0.25) is 0 Å². The van der Waals surface area contributed by atoms with Crippen LogP contribution in [0.2, 0.25) is 0 Å². The summed E-state index contributed by atoms with van der Waals surface area (Å²) in [6, 6.07) is 7.11. The van der Waals surface area contributed by atoms with Crippen LogP contribution >= 0.6 is 0 Å². The first kappa shape index (κ1) is 23.0.